The molecule has 0 aliphatic heterocycles. The van der Waals surface area contributed by atoms with Crippen LogP contribution in [0.5, 0.6) is 0 Å². The van der Waals surface area contributed by atoms with Gasteiger partial charge in [-0.25, -0.2) is 0 Å². The van der Waals surface area contributed by atoms with Gasteiger partial charge in [-0.15, -0.1) is 10.2 Å². The predicted molar refractivity (Wildman–Crippen MR) is 97.5 cm³/mol. The number of nitrogens with zero attached hydrogens (tertiary/aromatic N) is 3. The van der Waals surface area contributed by atoms with Crippen LogP contribution in [0, 0.1) is 0 Å². The van der Waals surface area contributed by atoms with Gasteiger partial charge in [-0.05, 0) is 29.6 Å². The van der Waals surface area contributed by atoms with Crippen molar-refractivity contribution in [2.75, 3.05) is 5.32 Å². The molecule has 7 heteroatoms. The van der Waals surface area contributed by atoms with Crippen LogP contribution in [0.2, 0.25) is 0 Å². The Balaban J connectivity index is 1.41. The highest BCUT2D eigenvalue weighted by atomic mass is 32.1. The van der Waals surface area contributed by atoms with Crippen LogP contribution in [-0.2, 0) is 18.3 Å². The number of fused-ring (bicyclic) bond motifs is 1. The first-order valence-corrected chi connectivity index (χ1v) is 8.84. The average Bonchev–Trinajstić information content (AvgIpc) is 3.34. The molecular formula is C18H16N4O2S. The Morgan fingerprint density at radius 1 is 1.28 bits per heavy atom. The topological polar surface area (TPSA) is 73.0 Å². The van der Waals surface area contributed by atoms with E-state index in [0.29, 0.717) is 18.2 Å². The van der Waals surface area contributed by atoms with E-state index in [1.54, 1.807) is 11.3 Å². The molecule has 0 aliphatic rings. The maximum Gasteiger partial charge on any atom is 0.248 e. The van der Waals surface area contributed by atoms with Gasteiger partial charge in [0, 0.05) is 47.9 Å². The molecule has 0 saturated carbocycles. The van der Waals surface area contributed by atoms with Crippen molar-refractivity contribution in [1.82, 2.24) is 14.8 Å². The monoisotopic (exact) mass is 352 g/mol. The number of carbonyl (C=O) groups excluding carboxylic acids is 1. The minimum Gasteiger partial charge on any atom is -0.421 e. The van der Waals surface area contributed by atoms with Crippen LogP contribution >= 0.6 is 11.3 Å². The number of aryl methyl sites for hydroxylation is 2. The molecule has 0 unspecified atom stereocenters. The molecule has 3 heterocycles. The fourth-order valence-corrected chi connectivity index (χ4v) is 3.33. The van der Waals surface area contributed by atoms with Crippen molar-refractivity contribution < 1.29 is 9.21 Å². The Labute approximate surface area is 148 Å². The third kappa shape index (κ3) is 3.18. The second-order valence-electron chi connectivity index (χ2n) is 5.73. The second kappa shape index (κ2) is 6.52. The number of anilines is 1. The van der Waals surface area contributed by atoms with Gasteiger partial charge in [-0.2, -0.15) is 11.3 Å². The summed E-state index contributed by atoms with van der Waals surface area (Å²) in [7, 11) is 1.98. The normalized spacial score (nSPS) is 11.1. The maximum atomic E-state index is 12.3. The Kier molecular flexibility index (Phi) is 4.07. The molecule has 0 atom stereocenters. The van der Waals surface area contributed by atoms with Crippen LogP contribution in [0.1, 0.15) is 12.3 Å². The number of hydrogen-bond donors (Lipinski definition) is 1. The van der Waals surface area contributed by atoms with Crippen molar-refractivity contribution in [1.29, 1.82) is 0 Å². The maximum absolute atomic E-state index is 12.3. The highest BCUT2D eigenvalue weighted by Crippen LogP contribution is 2.24. The van der Waals surface area contributed by atoms with E-state index in [2.05, 4.69) is 15.5 Å². The SMILES string of the molecule is Cn1ccc2c(NC(=O)CCc3nnc(-c4ccsc4)o3)cccc21. The summed E-state index contributed by atoms with van der Waals surface area (Å²) in [5, 5.41) is 15.9. The zero-order chi connectivity index (χ0) is 17.2. The Morgan fingerprint density at radius 2 is 2.20 bits per heavy atom. The van der Waals surface area contributed by atoms with E-state index in [9.17, 15) is 4.79 Å². The zero-order valence-corrected chi connectivity index (χ0v) is 14.4. The average molecular weight is 352 g/mol. The number of nitrogens with one attached hydrogen (secondary N) is 1. The number of thiophene rings is 1. The van der Waals surface area contributed by atoms with E-state index in [4.69, 9.17) is 4.42 Å². The first-order chi connectivity index (χ1) is 12.2. The summed E-state index contributed by atoms with van der Waals surface area (Å²) in [5.41, 5.74) is 2.80. The Morgan fingerprint density at radius 3 is 3.04 bits per heavy atom. The van der Waals surface area contributed by atoms with Crippen molar-refractivity contribution in [3.63, 3.8) is 0 Å². The standard InChI is InChI=1S/C18H16N4O2S/c1-22-9-7-13-14(3-2-4-15(13)22)19-16(23)5-6-17-20-21-18(24-17)12-8-10-25-11-12/h2-4,7-11H,5-6H2,1H3,(H,19,23). The molecule has 25 heavy (non-hydrogen) atoms. The van der Waals surface area contributed by atoms with Gasteiger partial charge in [0.15, 0.2) is 0 Å². The first-order valence-electron chi connectivity index (χ1n) is 7.89. The molecule has 1 N–H and O–H groups in total. The van der Waals surface area contributed by atoms with Gasteiger partial charge >= 0.3 is 0 Å². The van der Waals surface area contributed by atoms with Gasteiger partial charge in [0.1, 0.15) is 0 Å². The minimum atomic E-state index is -0.0772. The summed E-state index contributed by atoms with van der Waals surface area (Å²) in [4.78, 5) is 12.3. The van der Waals surface area contributed by atoms with Gasteiger partial charge in [-0.1, -0.05) is 6.07 Å². The summed E-state index contributed by atoms with van der Waals surface area (Å²) >= 11 is 1.57. The molecule has 6 nitrogen and oxygen atoms in total. The van der Waals surface area contributed by atoms with Crippen molar-refractivity contribution in [2.24, 2.45) is 7.05 Å². The molecule has 1 amide bonds. The summed E-state index contributed by atoms with van der Waals surface area (Å²) in [6.45, 7) is 0. The number of amides is 1. The molecule has 3 aromatic heterocycles. The van der Waals surface area contributed by atoms with E-state index >= 15 is 0 Å². The number of benzene rings is 1. The first kappa shape index (κ1) is 15.6. The highest BCUT2D eigenvalue weighted by Gasteiger charge is 2.12. The minimum absolute atomic E-state index is 0.0772. The van der Waals surface area contributed by atoms with Crippen LogP contribution in [-0.4, -0.2) is 20.7 Å². The number of carbonyl (C=O) groups is 1. The molecular weight excluding hydrogens is 336 g/mol. The number of rotatable bonds is 5. The quantitative estimate of drug-likeness (QED) is 0.592. The Bertz CT molecular complexity index is 1020. The van der Waals surface area contributed by atoms with Crippen molar-refractivity contribution in [2.45, 2.75) is 12.8 Å². The van der Waals surface area contributed by atoms with Gasteiger partial charge < -0.3 is 14.3 Å². The summed E-state index contributed by atoms with van der Waals surface area (Å²) in [6, 6.07) is 9.78. The molecule has 0 fully saturated rings. The lowest BCUT2D eigenvalue weighted by molar-refractivity contribution is -0.116. The van der Waals surface area contributed by atoms with E-state index in [-0.39, 0.29) is 12.3 Å². The molecule has 0 aliphatic carbocycles. The molecule has 0 spiro atoms. The van der Waals surface area contributed by atoms with Crippen molar-refractivity contribution >= 4 is 33.8 Å². The third-order valence-electron chi connectivity index (χ3n) is 4.00. The zero-order valence-electron chi connectivity index (χ0n) is 13.6. The second-order valence-corrected chi connectivity index (χ2v) is 6.51. The Hall–Kier alpha value is -2.93. The van der Waals surface area contributed by atoms with Crippen LogP contribution in [0.15, 0.2) is 51.7 Å². The van der Waals surface area contributed by atoms with Crippen molar-refractivity contribution in [3.8, 4) is 11.5 Å². The third-order valence-corrected chi connectivity index (χ3v) is 4.69. The van der Waals surface area contributed by atoms with Crippen molar-refractivity contribution in [3.05, 3.63) is 53.2 Å². The van der Waals surface area contributed by atoms with E-state index in [0.717, 1.165) is 22.2 Å². The van der Waals surface area contributed by atoms with Gasteiger partial charge in [0.25, 0.3) is 0 Å². The van der Waals surface area contributed by atoms with Crippen LogP contribution in [0.25, 0.3) is 22.4 Å². The fraction of sp³-hybridized carbons (Fsp3) is 0.167. The number of aromatic nitrogens is 3. The highest BCUT2D eigenvalue weighted by molar-refractivity contribution is 7.08. The van der Waals surface area contributed by atoms with E-state index in [1.807, 2.05) is 58.9 Å². The van der Waals surface area contributed by atoms with E-state index < -0.39 is 0 Å². The molecule has 1 aromatic carbocycles. The molecule has 0 bridgehead atoms. The van der Waals surface area contributed by atoms with Crippen LogP contribution < -0.4 is 5.32 Å². The van der Waals surface area contributed by atoms with E-state index in [1.165, 1.54) is 0 Å². The van der Waals surface area contributed by atoms with Gasteiger partial charge in [-0.3, -0.25) is 4.79 Å². The summed E-state index contributed by atoms with van der Waals surface area (Å²) in [6.07, 6.45) is 2.67. The largest absolute Gasteiger partial charge is 0.421 e. The lowest BCUT2D eigenvalue weighted by Gasteiger charge is -2.06. The smallest absolute Gasteiger partial charge is 0.248 e. The van der Waals surface area contributed by atoms with Gasteiger partial charge in [0.2, 0.25) is 17.7 Å². The van der Waals surface area contributed by atoms with Crippen LogP contribution in [0.3, 0.4) is 0 Å². The fourth-order valence-electron chi connectivity index (χ4n) is 2.70. The summed E-state index contributed by atoms with van der Waals surface area (Å²) < 4.78 is 7.63. The van der Waals surface area contributed by atoms with Crippen LogP contribution in [0.4, 0.5) is 5.69 Å². The number of hydrogen-bond acceptors (Lipinski definition) is 5. The molecule has 4 aromatic rings. The molecule has 4 rings (SSSR count). The van der Waals surface area contributed by atoms with Gasteiger partial charge in [0.05, 0.1) is 5.69 Å². The molecule has 126 valence electrons. The lowest BCUT2D eigenvalue weighted by atomic mass is 10.2. The lowest BCUT2D eigenvalue weighted by Crippen LogP contribution is -2.12. The summed E-state index contributed by atoms with van der Waals surface area (Å²) in [5.74, 6) is 0.881. The predicted octanol–water partition coefficient (Wildman–Crippen LogP) is 3.86. The molecule has 0 saturated heterocycles. The molecule has 0 radical (unpaired) electrons.